The Balaban J connectivity index is 1.46. The van der Waals surface area contributed by atoms with Crippen LogP contribution in [-0.4, -0.2) is 58.0 Å². The lowest BCUT2D eigenvalue weighted by Gasteiger charge is -2.40. The first-order valence-corrected chi connectivity index (χ1v) is 11.3. The third kappa shape index (κ3) is 3.56. The normalized spacial score (nSPS) is 21.0. The van der Waals surface area contributed by atoms with Gasteiger partial charge in [-0.2, -0.15) is 4.98 Å². The van der Waals surface area contributed by atoms with Crippen LogP contribution in [0.15, 0.2) is 28.1 Å². The Hall–Kier alpha value is -2.94. The second-order valence-electron chi connectivity index (χ2n) is 9.01. The van der Waals surface area contributed by atoms with Crippen molar-refractivity contribution < 1.29 is 18.7 Å². The quantitative estimate of drug-likeness (QED) is 0.559. The predicted molar refractivity (Wildman–Crippen MR) is 118 cm³/mol. The highest BCUT2D eigenvalue weighted by atomic mass is 32.1. The van der Waals surface area contributed by atoms with Crippen LogP contribution in [0.4, 0.5) is 10.8 Å². The summed E-state index contributed by atoms with van der Waals surface area (Å²) >= 11 is 1.51. The minimum absolute atomic E-state index is 0.0487. The van der Waals surface area contributed by atoms with E-state index in [9.17, 15) is 9.59 Å². The standard InChI is InChI=1S/C22H24N4O4S/c1-22(2,3)30-21(28)26-14-5-6-15(26)11-25(10-14)20-24-17-13(12-27)4-7-16(18(17)29-20)19-23-8-9-31-19/h4,7-9,12,14-15H,5-6,10-11H2,1-3H3. The fourth-order valence-electron chi connectivity index (χ4n) is 4.44. The van der Waals surface area contributed by atoms with Gasteiger partial charge in [-0.3, -0.25) is 9.69 Å². The van der Waals surface area contributed by atoms with Gasteiger partial charge in [-0.15, -0.1) is 11.3 Å². The van der Waals surface area contributed by atoms with E-state index in [-0.39, 0.29) is 18.2 Å². The molecule has 5 rings (SSSR count). The highest BCUT2D eigenvalue weighted by Gasteiger charge is 2.45. The zero-order chi connectivity index (χ0) is 21.8. The Labute approximate surface area is 183 Å². The van der Waals surface area contributed by atoms with Crippen molar-refractivity contribution in [1.29, 1.82) is 0 Å². The first kappa shape index (κ1) is 20.0. The van der Waals surface area contributed by atoms with E-state index >= 15 is 0 Å². The van der Waals surface area contributed by atoms with Crippen molar-refractivity contribution in [3.05, 3.63) is 29.3 Å². The van der Waals surface area contributed by atoms with E-state index in [1.54, 1.807) is 12.3 Å². The molecular weight excluding hydrogens is 416 g/mol. The lowest BCUT2D eigenvalue weighted by atomic mass is 10.1. The Kier molecular flexibility index (Phi) is 4.73. The smallest absolute Gasteiger partial charge is 0.410 e. The summed E-state index contributed by atoms with van der Waals surface area (Å²) in [5, 5.41) is 2.72. The minimum atomic E-state index is -0.522. The predicted octanol–water partition coefficient (Wildman–Crippen LogP) is 4.35. The van der Waals surface area contributed by atoms with Gasteiger partial charge < -0.3 is 14.1 Å². The van der Waals surface area contributed by atoms with Crippen molar-refractivity contribution in [3.8, 4) is 10.6 Å². The van der Waals surface area contributed by atoms with Gasteiger partial charge in [0.25, 0.3) is 6.01 Å². The molecule has 2 fully saturated rings. The van der Waals surface area contributed by atoms with Crippen molar-refractivity contribution in [2.45, 2.75) is 51.3 Å². The van der Waals surface area contributed by atoms with Crippen molar-refractivity contribution in [2.24, 2.45) is 0 Å². The number of amides is 1. The molecule has 2 atom stereocenters. The number of rotatable bonds is 3. The summed E-state index contributed by atoms with van der Waals surface area (Å²) in [5.41, 5.74) is 1.90. The maximum absolute atomic E-state index is 12.7. The SMILES string of the molecule is CC(C)(C)OC(=O)N1C2CCC1CN(c1nc3c(C=O)ccc(-c4nccs4)c3o1)C2. The largest absolute Gasteiger partial charge is 0.444 e. The van der Waals surface area contributed by atoms with Crippen LogP contribution in [0.25, 0.3) is 21.7 Å². The fourth-order valence-corrected chi connectivity index (χ4v) is 5.10. The van der Waals surface area contributed by atoms with Crippen LogP contribution in [0.5, 0.6) is 0 Å². The Morgan fingerprint density at radius 3 is 2.61 bits per heavy atom. The molecule has 1 aromatic carbocycles. The average molecular weight is 441 g/mol. The van der Waals surface area contributed by atoms with E-state index in [1.807, 2.05) is 37.1 Å². The maximum atomic E-state index is 12.7. The van der Waals surface area contributed by atoms with E-state index in [1.165, 1.54) is 11.3 Å². The van der Waals surface area contributed by atoms with Crippen molar-refractivity contribution in [1.82, 2.24) is 14.9 Å². The number of aldehydes is 1. The number of oxazole rings is 1. The number of nitrogens with zero attached hydrogens (tertiary/aromatic N) is 4. The van der Waals surface area contributed by atoms with Gasteiger partial charge >= 0.3 is 6.09 Å². The summed E-state index contributed by atoms with van der Waals surface area (Å²) in [7, 11) is 0. The molecule has 9 heteroatoms. The topological polar surface area (TPSA) is 88.8 Å². The number of hydrogen-bond donors (Lipinski definition) is 0. The van der Waals surface area contributed by atoms with Crippen molar-refractivity contribution in [2.75, 3.05) is 18.0 Å². The molecule has 162 valence electrons. The molecule has 2 unspecified atom stereocenters. The van der Waals surface area contributed by atoms with Gasteiger partial charge in [0, 0.05) is 30.2 Å². The van der Waals surface area contributed by atoms with Crippen LogP contribution in [0.2, 0.25) is 0 Å². The first-order chi connectivity index (χ1) is 14.8. The van der Waals surface area contributed by atoms with Crippen LogP contribution >= 0.6 is 11.3 Å². The molecule has 31 heavy (non-hydrogen) atoms. The molecule has 2 aromatic heterocycles. The molecule has 2 aliphatic heterocycles. The first-order valence-electron chi connectivity index (χ1n) is 10.4. The van der Waals surface area contributed by atoms with Crippen molar-refractivity contribution in [3.63, 3.8) is 0 Å². The summed E-state index contributed by atoms with van der Waals surface area (Å²) in [4.78, 5) is 37.3. The molecule has 0 aliphatic carbocycles. The molecule has 2 bridgehead atoms. The van der Waals surface area contributed by atoms with Gasteiger partial charge in [-0.05, 0) is 45.7 Å². The summed E-state index contributed by atoms with van der Waals surface area (Å²) in [6.07, 6.45) is 4.12. The van der Waals surface area contributed by atoms with Crippen LogP contribution < -0.4 is 4.90 Å². The number of carbonyl (C=O) groups excluding carboxylic acids is 2. The number of piperazine rings is 1. The number of benzene rings is 1. The molecule has 2 saturated heterocycles. The molecule has 0 saturated carbocycles. The average Bonchev–Trinajstić information content (AvgIpc) is 3.44. The summed E-state index contributed by atoms with van der Waals surface area (Å²) in [6, 6.07) is 4.18. The fraction of sp³-hybridized carbons (Fsp3) is 0.455. The van der Waals surface area contributed by atoms with E-state index in [4.69, 9.17) is 9.15 Å². The van der Waals surface area contributed by atoms with Gasteiger partial charge in [0.1, 0.15) is 16.1 Å². The minimum Gasteiger partial charge on any atom is -0.444 e. The monoisotopic (exact) mass is 440 g/mol. The molecule has 1 amide bonds. The summed E-state index contributed by atoms with van der Waals surface area (Å²) < 4.78 is 11.8. The number of thiazole rings is 1. The lowest BCUT2D eigenvalue weighted by Crippen LogP contribution is -2.56. The second-order valence-corrected chi connectivity index (χ2v) is 9.90. The van der Waals surface area contributed by atoms with Gasteiger partial charge in [0.2, 0.25) is 0 Å². The second kappa shape index (κ2) is 7.33. The number of hydrogen-bond acceptors (Lipinski definition) is 8. The summed E-state index contributed by atoms with van der Waals surface area (Å²) in [6.45, 7) is 6.88. The van der Waals surface area contributed by atoms with Crippen LogP contribution in [0, 0.1) is 0 Å². The number of carbonyl (C=O) groups is 2. The zero-order valence-electron chi connectivity index (χ0n) is 17.7. The Morgan fingerprint density at radius 2 is 2.00 bits per heavy atom. The molecule has 0 radical (unpaired) electrons. The molecule has 8 nitrogen and oxygen atoms in total. The van der Waals surface area contributed by atoms with Gasteiger partial charge in [-0.1, -0.05) is 0 Å². The van der Waals surface area contributed by atoms with E-state index < -0.39 is 5.60 Å². The summed E-state index contributed by atoms with van der Waals surface area (Å²) in [5.74, 6) is 0. The van der Waals surface area contributed by atoms with Gasteiger partial charge in [-0.25, -0.2) is 9.78 Å². The molecule has 2 aliphatic rings. The Bertz CT molecular complexity index is 1120. The number of anilines is 1. The molecular formula is C22H24N4O4S. The van der Waals surface area contributed by atoms with Crippen LogP contribution in [0.1, 0.15) is 44.0 Å². The molecule has 4 heterocycles. The molecule has 3 aromatic rings. The molecule has 0 spiro atoms. The van der Waals surface area contributed by atoms with Crippen LogP contribution in [0.3, 0.4) is 0 Å². The van der Waals surface area contributed by atoms with Gasteiger partial charge in [0.05, 0.1) is 17.6 Å². The van der Waals surface area contributed by atoms with Crippen molar-refractivity contribution >= 4 is 40.8 Å². The number of aromatic nitrogens is 2. The Morgan fingerprint density at radius 1 is 1.26 bits per heavy atom. The highest BCUT2D eigenvalue weighted by molar-refractivity contribution is 7.13. The third-order valence-corrected chi connectivity index (χ3v) is 6.52. The zero-order valence-corrected chi connectivity index (χ0v) is 18.5. The van der Waals surface area contributed by atoms with E-state index in [0.717, 1.165) is 29.7 Å². The molecule has 0 N–H and O–H groups in total. The number of fused-ring (bicyclic) bond motifs is 3. The van der Waals surface area contributed by atoms with Crippen LogP contribution in [-0.2, 0) is 4.74 Å². The maximum Gasteiger partial charge on any atom is 0.410 e. The highest BCUT2D eigenvalue weighted by Crippen LogP contribution is 2.37. The van der Waals surface area contributed by atoms with E-state index in [2.05, 4.69) is 14.9 Å². The van der Waals surface area contributed by atoms with E-state index in [0.29, 0.717) is 35.8 Å². The lowest BCUT2D eigenvalue weighted by molar-refractivity contribution is 0.0120. The third-order valence-electron chi connectivity index (χ3n) is 5.71. The van der Waals surface area contributed by atoms with Gasteiger partial charge in [0.15, 0.2) is 11.9 Å². The number of ether oxygens (including phenoxy) is 1.